The molecule has 3 aromatic carbocycles. The summed E-state index contributed by atoms with van der Waals surface area (Å²) in [5.41, 5.74) is 8.09. The van der Waals surface area contributed by atoms with Crippen molar-refractivity contribution in [2.75, 3.05) is 31.3 Å². The van der Waals surface area contributed by atoms with Gasteiger partial charge in [-0.05, 0) is 94.5 Å². The zero-order valence-corrected chi connectivity index (χ0v) is 30.3. The summed E-state index contributed by atoms with van der Waals surface area (Å²) >= 11 is 13.4. The highest BCUT2D eigenvalue weighted by molar-refractivity contribution is 6.35. The van der Waals surface area contributed by atoms with Crippen molar-refractivity contribution in [2.24, 2.45) is 7.05 Å². The van der Waals surface area contributed by atoms with Gasteiger partial charge in [0, 0.05) is 46.9 Å². The fraction of sp³-hybridized carbons (Fsp3) is 0.342. The van der Waals surface area contributed by atoms with Gasteiger partial charge >= 0.3 is 5.97 Å². The summed E-state index contributed by atoms with van der Waals surface area (Å²) in [6, 6.07) is 10.4. The Bertz CT molecular complexity index is 2200. The van der Waals surface area contributed by atoms with E-state index >= 15 is 0 Å². The van der Waals surface area contributed by atoms with E-state index in [9.17, 15) is 14.7 Å². The van der Waals surface area contributed by atoms with Crippen LogP contribution in [0.3, 0.4) is 0 Å². The molecule has 0 saturated heterocycles. The summed E-state index contributed by atoms with van der Waals surface area (Å²) in [6.45, 7) is 11.2. The first kappa shape index (κ1) is 33.8. The monoisotopic (exact) mass is 716 g/mol. The van der Waals surface area contributed by atoms with E-state index in [1.54, 1.807) is 4.90 Å². The highest BCUT2D eigenvalue weighted by atomic mass is 35.5. The maximum Gasteiger partial charge on any atom is 0.335 e. The first-order chi connectivity index (χ1) is 23.9. The molecule has 1 amide bonds. The predicted octanol–water partition coefficient (Wildman–Crippen LogP) is 8.28. The van der Waals surface area contributed by atoms with Crippen molar-refractivity contribution < 1.29 is 28.9 Å². The quantitative estimate of drug-likeness (QED) is 0.161. The number of hydrogen-bond acceptors (Lipinski definition) is 6. The van der Waals surface area contributed by atoms with Gasteiger partial charge in [-0.3, -0.25) is 9.48 Å². The highest BCUT2D eigenvalue weighted by Crippen LogP contribution is 2.47. The number of hydrogen-bond donors (Lipinski definition) is 1. The van der Waals surface area contributed by atoms with Gasteiger partial charge in [0.1, 0.15) is 24.7 Å². The van der Waals surface area contributed by atoms with E-state index in [1.807, 2.05) is 63.7 Å². The number of aryl methyl sites for hydroxylation is 5. The Kier molecular flexibility index (Phi) is 8.72. The molecule has 4 heterocycles. The SMILES string of the molecule is Cc1cc(OCCCc2c3n(c4c(-c5c(C)nn(C)c5C)c(Cl)ccc24)[C@H](C)CN(c2cc(C(=O)O)cc4c2OCCO4)C3=O)cc(C)c1Cl. The molecule has 2 aliphatic rings. The smallest absolute Gasteiger partial charge is 0.335 e. The van der Waals surface area contributed by atoms with Crippen molar-refractivity contribution in [3.63, 3.8) is 0 Å². The van der Waals surface area contributed by atoms with Crippen molar-refractivity contribution in [2.45, 2.75) is 53.5 Å². The molecule has 2 aliphatic heterocycles. The van der Waals surface area contributed by atoms with Crippen LogP contribution in [0, 0.1) is 27.7 Å². The van der Waals surface area contributed by atoms with E-state index < -0.39 is 5.97 Å². The molecule has 1 N–H and O–H groups in total. The second-order valence-corrected chi connectivity index (χ2v) is 13.9. The summed E-state index contributed by atoms with van der Waals surface area (Å²) in [4.78, 5) is 28.7. The van der Waals surface area contributed by atoms with Crippen molar-refractivity contribution in [1.82, 2.24) is 14.3 Å². The standard InChI is InChI=1S/C38H38Cl2N4O6/c1-19-14-25(15-20(2)33(19)40)48-11-7-8-26-27-9-10-28(39)32(31-22(4)41-42(6)23(31)5)34(27)44-21(3)18-43(37(45)35(26)44)29-16-24(38(46)47)17-30-36(29)50-13-12-49-30/h9-10,14-17,21H,7-8,11-13,18H2,1-6H3,(H,46,47)/t21-/m1/s1. The Morgan fingerprint density at radius 1 is 1.04 bits per heavy atom. The van der Waals surface area contributed by atoms with Crippen LogP contribution >= 0.6 is 23.2 Å². The second kappa shape index (κ2) is 12.9. The molecule has 2 aromatic heterocycles. The number of aromatic nitrogens is 3. The van der Waals surface area contributed by atoms with E-state index in [0.29, 0.717) is 47.4 Å². The van der Waals surface area contributed by atoms with E-state index in [4.69, 9.17) is 37.4 Å². The van der Waals surface area contributed by atoms with Gasteiger partial charge in [0.15, 0.2) is 11.5 Å². The van der Waals surface area contributed by atoms with Crippen molar-refractivity contribution in [3.05, 3.63) is 85.8 Å². The summed E-state index contributed by atoms with van der Waals surface area (Å²) in [6.07, 6.45) is 1.16. The third-order valence-electron chi connectivity index (χ3n) is 9.72. The number of anilines is 1. The Morgan fingerprint density at radius 3 is 2.44 bits per heavy atom. The maximum atomic E-state index is 14.9. The molecular formula is C38H38Cl2N4O6. The molecule has 0 unspecified atom stereocenters. The first-order valence-electron chi connectivity index (χ1n) is 16.6. The summed E-state index contributed by atoms with van der Waals surface area (Å²) in [7, 11) is 1.91. The van der Waals surface area contributed by atoms with Crippen LogP contribution in [0.15, 0.2) is 36.4 Å². The minimum Gasteiger partial charge on any atom is -0.494 e. The summed E-state index contributed by atoms with van der Waals surface area (Å²) in [5, 5.41) is 16.8. The van der Waals surface area contributed by atoms with E-state index in [0.717, 1.165) is 60.9 Å². The van der Waals surface area contributed by atoms with E-state index in [2.05, 4.69) is 16.6 Å². The zero-order valence-electron chi connectivity index (χ0n) is 28.8. The number of rotatable bonds is 8. The lowest BCUT2D eigenvalue weighted by Gasteiger charge is -2.36. The van der Waals surface area contributed by atoms with Gasteiger partial charge in [-0.1, -0.05) is 29.3 Å². The van der Waals surface area contributed by atoms with Crippen LogP contribution in [0.25, 0.3) is 22.0 Å². The second-order valence-electron chi connectivity index (χ2n) is 13.1. The molecule has 0 saturated carbocycles. The van der Waals surface area contributed by atoms with Crippen LogP contribution in [0.5, 0.6) is 17.2 Å². The van der Waals surface area contributed by atoms with Crippen LogP contribution in [0.4, 0.5) is 5.69 Å². The van der Waals surface area contributed by atoms with Gasteiger partial charge in [0.25, 0.3) is 5.91 Å². The largest absolute Gasteiger partial charge is 0.494 e. The molecule has 10 nitrogen and oxygen atoms in total. The lowest BCUT2D eigenvalue weighted by Crippen LogP contribution is -2.43. The fourth-order valence-corrected chi connectivity index (χ4v) is 7.75. The van der Waals surface area contributed by atoms with E-state index in [-0.39, 0.29) is 37.3 Å². The first-order valence-corrected chi connectivity index (χ1v) is 17.4. The molecule has 0 spiro atoms. The number of halogens is 2. The van der Waals surface area contributed by atoms with Gasteiger partial charge in [-0.2, -0.15) is 5.10 Å². The van der Waals surface area contributed by atoms with Crippen molar-refractivity contribution in [1.29, 1.82) is 0 Å². The molecule has 1 atom stereocenters. The number of carboxylic acids is 1. The minimum absolute atomic E-state index is 0.0115. The van der Waals surface area contributed by atoms with Crippen LogP contribution in [-0.4, -0.2) is 57.7 Å². The third-order valence-corrected chi connectivity index (χ3v) is 10.6. The molecule has 0 bridgehead atoms. The molecule has 260 valence electrons. The van der Waals surface area contributed by atoms with Gasteiger partial charge in [-0.25, -0.2) is 4.79 Å². The van der Waals surface area contributed by atoms with Crippen molar-refractivity contribution in [3.8, 4) is 28.4 Å². The molecule has 0 radical (unpaired) electrons. The van der Waals surface area contributed by atoms with Gasteiger partial charge in [0.2, 0.25) is 0 Å². The fourth-order valence-electron chi connectivity index (χ4n) is 7.40. The molecule has 12 heteroatoms. The van der Waals surface area contributed by atoms with Crippen LogP contribution in [-0.2, 0) is 13.5 Å². The Balaban J connectivity index is 1.38. The van der Waals surface area contributed by atoms with Gasteiger partial charge < -0.3 is 28.8 Å². The number of nitrogens with zero attached hydrogens (tertiary/aromatic N) is 4. The van der Waals surface area contributed by atoms with Gasteiger partial charge in [0.05, 0.1) is 34.1 Å². The highest BCUT2D eigenvalue weighted by Gasteiger charge is 2.39. The maximum absolute atomic E-state index is 14.9. The molecule has 5 aromatic rings. The predicted molar refractivity (Wildman–Crippen MR) is 194 cm³/mol. The number of carboxylic acid groups (broad SMARTS) is 1. The van der Waals surface area contributed by atoms with Crippen LogP contribution < -0.4 is 19.1 Å². The number of ether oxygens (including phenoxy) is 3. The number of aromatic carboxylic acids is 1. The lowest BCUT2D eigenvalue weighted by atomic mass is 9.98. The van der Waals surface area contributed by atoms with Crippen LogP contribution in [0.2, 0.25) is 10.0 Å². The average molecular weight is 718 g/mol. The summed E-state index contributed by atoms with van der Waals surface area (Å²) < 4.78 is 21.9. The van der Waals surface area contributed by atoms with Crippen molar-refractivity contribution >= 4 is 51.7 Å². The van der Waals surface area contributed by atoms with Crippen LogP contribution in [0.1, 0.15) is 68.3 Å². The van der Waals surface area contributed by atoms with E-state index in [1.165, 1.54) is 12.1 Å². The number of carbonyl (C=O) groups excluding carboxylic acids is 1. The molecular weight excluding hydrogens is 679 g/mol. The Morgan fingerprint density at radius 2 is 1.76 bits per heavy atom. The molecule has 7 rings (SSSR count). The zero-order chi connectivity index (χ0) is 35.6. The average Bonchev–Trinajstić information content (AvgIpc) is 3.55. The normalized spacial score (nSPS) is 15.5. The minimum atomic E-state index is -1.12. The number of carbonyl (C=O) groups is 2. The lowest BCUT2D eigenvalue weighted by molar-refractivity contribution is 0.0695. The number of benzene rings is 3. The molecule has 0 fully saturated rings. The summed E-state index contributed by atoms with van der Waals surface area (Å²) in [5.74, 6) is 0.0217. The molecule has 0 aliphatic carbocycles. The molecule has 50 heavy (non-hydrogen) atoms. The number of amides is 1. The topological polar surface area (TPSA) is 108 Å². The Hall–Kier alpha value is -4.67. The third kappa shape index (κ3) is 5.54. The van der Waals surface area contributed by atoms with Gasteiger partial charge in [-0.15, -0.1) is 0 Å². The number of fused-ring (bicyclic) bond motifs is 4. The Labute approximate surface area is 300 Å².